The number of thioether (sulfide) groups is 1. The van der Waals surface area contributed by atoms with E-state index in [0.29, 0.717) is 28.1 Å². The molecule has 0 atom stereocenters. The van der Waals surface area contributed by atoms with E-state index in [0.717, 1.165) is 16.8 Å². The number of anilines is 1. The van der Waals surface area contributed by atoms with Crippen molar-refractivity contribution in [1.82, 2.24) is 19.7 Å². The highest BCUT2D eigenvalue weighted by Crippen LogP contribution is 2.36. The summed E-state index contributed by atoms with van der Waals surface area (Å²) in [4.78, 5) is 29.8. The van der Waals surface area contributed by atoms with Gasteiger partial charge in [-0.3, -0.25) is 9.78 Å². The first kappa shape index (κ1) is 23.7. The Morgan fingerprint density at radius 2 is 1.88 bits per heavy atom. The van der Waals surface area contributed by atoms with Crippen molar-refractivity contribution in [1.29, 1.82) is 0 Å². The Morgan fingerprint density at radius 1 is 1.09 bits per heavy atom. The number of benzene rings is 1. The number of thiophene rings is 1. The van der Waals surface area contributed by atoms with Gasteiger partial charge in [-0.05, 0) is 31.5 Å². The molecule has 3 aromatic heterocycles. The van der Waals surface area contributed by atoms with Crippen LogP contribution in [0.1, 0.15) is 24.2 Å². The van der Waals surface area contributed by atoms with E-state index >= 15 is 0 Å². The second-order valence-corrected chi connectivity index (χ2v) is 8.86. The first-order chi connectivity index (χ1) is 16.6. The minimum absolute atomic E-state index is 0.112. The van der Waals surface area contributed by atoms with E-state index in [1.807, 2.05) is 65.4 Å². The zero-order valence-electron chi connectivity index (χ0n) is 18.7. The first-order valence-corrected chi connectivity index (χ1v) is 12.6. The molecule has 0 radical (unpaired) electrons. The van der Waals surface area contributed by atoms with Crippen LogP contribution in [0.15, 0.2) is 65.3 Å². The summed E-state index contributed by atoms with van der Waals surface area (Å²) < 4.78 is 7.18. The second kappa shape index (κ2) is 11.1. The van der Waals surface area contributed by atoms with Gasteiger partial charge in [-0.1, -0.05) is 48.2 Å². The van der Waals surface area contributed by atoms with E-state index in [9.17, 15) is 9.59 Å². The van der Waals surface area contributed by atoms with Crippen LogP contribution in [0.5, 0.6) is 0 Å². The van der Waals surface area contributed by atoms with Crippen LogP contribution >= 0.6 is 23.1 Å². The minimum atomic E-state index is -0.462. The number of hydrogen-bond donors (Lipinski definition) is 1. The van der Waals surface area contributed by atoms with Gasteiger partial charge in [0.15, 0.2) is 11.0 Å². The van der Waals surface area contributed by atoms with Crippen LogP contribution in [0.4, 0.5) is 5.00 Å². The maximum absolute atomic E-state index is 12.8. The number of nitrogens with zero attached hydrogens (tertiary/aromatic N) is 4. The van der Waals surface area contributed by atoms with Gasteiger partial charge in [0, 0.05) is 23.7 Å². The summed E-state index contributed by atoms with van der Waals surface area (Å²) in [5.74, 6) is 0.0565. The number of rotatable bonds is 9. The van der Waals surface area contributed by atoms with Crippen molar-refractivity contribution in [2.45, 2.75) is 25.5 Å². The van der Waals surface area contributed by atoms with E-state index in [1.54, 1.807) is 13.1 Å². The molecule has 0 aliphatic heterocycles. The Morgan fingerprint density at radius 3 is 2.59 bits per heavy atom. The van der Waals surface area contributed by atoms with E-state index in [-0.39, 0.29) is 18.3 Å². The molecule has 4 aromatic rings. The molecule has 10 heteroatoms. The summed E-state index contributed by atoms with van der Waals surface area (Å²) in [6.45, 7) is 4.63. The molecule has 1 aromatic carbocycles. The fraction of sp³-hybridized carbons (Fsp3) is 0.208. The average molecular weight is 494 g/mol. The van der Waals surface area contributed by atoms with Crippen molar-refractivity contribution in [3.8, 4) is 22.6 Å². The zero-order valence-corrected chi connectivity index (χ0v) is 20.4. The van der Waals surface area contributed by atoms with Gasteiger partial charge in [0.2, 0.25) is 5.91 Å². The molecule has 1 N–H and O–H groups in total. The Bertz CT molecular complexity index is 1270. The smallest absolute Gasteiger partial charge is 0.341 e. The Labute approximate surface area is 205 Å². The van der Waals surface area contributed by atoms with Crippen LogP contribution < -0.4 is 5.32 Å². The van der Waals surface area contributed by atoms with Gasteiger partial charge in [0.05, 0.1) is 12.4 Å². The maximum Gasteiger partial charge on any atom is 0.341 e. The molecule has 0 bridgehead atoms. The van der Waals surface area contributed by atoms with Gasteiger partial charge < -0.3 is 14.6 Å². The molecule has 34 heavy (non-hydrogen) atoms. The second-order valence-electron chi connectivity index (χ2n) is 7.04. The van der Waals surface area contributed by atoms with Gasteiger partial charge >= 0.3 is 5.97 Å². The lowest BCUT2D eigenvalue weighted by atomic mass is 10.0. The topological polar surface area (TPSA) is 99.0 Å². The molecule has 0 saturated heterocycles. The van der Waals surface area contributed by atoms with E-state index in [2.05, 4.69) is 20.5 Å². The van der Waals surface area contributed by atoms with Crippen LogP contribution in [0.3, 0.4) is 0 Å². The number of amides is 1. The molecular weight excluding hydrogens is 470 g/mol. The molecule has 8 nitrogen and oxygen atoms in total. The van der Waals surface area contributed by atoms with E-state index in [4.69, 9.17) is 4.74 Å². The minimum Gasteiger partial charge on any atom is -0.462 e. The van der Waals surface area contributed by atoms with Crippen LogP contribution in [0.2, 0.25) is 0 Å². The zero-order chi connectivity index (χ0) is 23.9. The lowest BCUT2D eigenvalue weighted by Crippen LogP contribution is -2.16. The van der Waals surface area contributed by atoms with Crippen molar-refractivity contribution in [2.24, 2.45) is 0 Å². The quantitative estimate of drug-likeness (QED) is 0.259. The average Bonchev–Trinajstić information content (AvgIpc) is 3.48. The Kier molecular flexibility index (Phi) is 7.71. The number of carbonyl (C=O) groups is 2. The normalized spacial score (nSPS) is 10.8. The number of hydrogen-bond acceptors (Lipinski definition) is 8. The highest BCUT2D eigenvalue weighted by atomic mass is 32.2. The summed E-state index contributed by atoms with van der Waals surface area (Å²) in [5.41, 5.74) is 2.71. The van der Waals surface area contributed by atoms with E-state index < -0.39 is 5.97 Å². The van der Waals surface area contributed by atoms with Gasteiger partial charge in [-0.15, -0.1) is 21.5 Å². The monoisotopic (exact) mass is 493 g/mol. The summed E-state index contributed by atoms with van der Waals surface area (Å²) in [5, 5.41) is 14.3. The molecule has 0 saturated carbocycles. The molecule has 174 valence electrons. The molecular formula is C24H23N5O3S2. The summed E-state index contributed by atoms with van der Waals surface area (Å²) in [7, 11) is 0. The van der Waals surface area contributed by atoms with E-state index in [1.165, 1.54) is 23.1 Å². The number of pyridine rings is 1. The van der Waals surface area contributed by atoms with Gasteiger partial charge in [0.25, 0.3) is 0 Å². The summed E-state index contributed by atoms with van der Waals surface area (Å²) in [6, 6.07) is 15.2. The van der Waals surface area contributed by atoms with Gasteiger partial charge in [-0.2, -0.15) is 0 Å². The maximum atomic E-state index is 12.8. The van der Waals surface area contributed by atoms with Gasteiger partial charge in [0.1, 0.15) is 16.3 Å². The lowest BCUT2D eigenvalue weighted by Gasteiger charge is -2.09. The Balaban J connectivity index is 1.50. The van der Waals surface area contributed by atoms with Crippen molar-refractivity contribution in [2.75, 3.05) is 17.7 Å². The summed E-state index contributed by atoms with van der Waals surface area (Å²) >= 11 is 2.58. The molecule has 4 rings (SSSR count). The van der Waals surface area contributed by atoms with Crippen LogP contribution in [-0.2, 0) is 16.1 Å². The number of aromatic nitrogens is 4. The number of esters is 1. The molecule has 0 unspecified atom stereocenters. The molecule has 0 aliphatic carbocycles. The fourth-order valence-corrected chi connectivity index (χ4v) is 5.12. The predicted molar refractivity (Wildman–Crippen MR) is 134 cm³/mol. The standard InChI is InChI=1S/C24H23N5O3S2/c1-3-29-21(18-12-8-9-13-25-18)27-28-24(29)34-15-19(30)26-22-20(23(31)32-4-2)17(14-33-22)16-10-6-5-7-11-16/h5-14H,3-4,15H2,1-2H3,(H,26,30). The SMILES string of the molecule is CCOC(=O)c1c(-c2ccccc2)csc1NC(=O)CSc1nnc(-c2ccccn2)n1CC. The lowest BCUT2D eigenvalue weighted by molar-refractivity contribution is -0.113. The Hall–Kier alpha value is -3.50. The van der Waals surface area contributed by atoms with Crippen molar-refractivity contribution >= 4 is 40.0 Å². The molecule has 3 heterocycles. The van der Waals surface area contributed by atoms with Crippen LogP contribution in [0, 0.1) is 0 Å². The molecule has 0 spiro atoms. The van der Waals surface area contributed by atoms with Crippen LogP contribution in [0.25, 0.3) is 22.6 Å². The summed E-state index contributed by atoms with van der Waals surface area (Å²) in [6.07, 6.45) is 1.70. The third-order valence-electron chi connectivity index (χ3n) is 4.87. The first-order valence-electron chi connectivity index (χ1n) is 10.7. The predicted octanol–water partition coefficient (Wildman–Crippen LogP) is 5.00. The van der Waals surface area contributed by atoms with Crippen molar-refractivity contribution in [3.63, 3.8) is 0 Å². The number of nitrogens with one attached hydrogen (secondary N) is 1. The molecule has 0 aliphatic rings. The van der Waals surface area contributed by atoms with Crippen LogP contribution in [-0.4, -0.2) is 44.0 Å². The van der Waals surface area contributed by atoms with Crippen molar-refractivity contribution < 1.29 is 14.3 Å². The largest absolute Gasteiger partial charge is 0.462 e. The molecule has 1 amide bonds. The third-order valence-corrected chi connectivity index (χ3v) is 6.73. The number of ether oxygens (including phenoxy) is 1. The number of carbonyl (C=O) groups excluding carboxylic acids is 2. The fourth-order valence-electron chi connectivity index (χ4n) is 3.34. The van der Waals surface area contributed by atoms with Crippen molar-refractivity contribution in [3.05, 3.63) is 65.7 Å². The highest BCUT2D eigenvalue weighted by molar-refractivity contribution is 7.99. The third kappa shape index (κ3) is 5.18. The van der Waals surface area contributed by atoms with Gasteiger partial charge in [-0.25, -0.2) is 4.79 Å². The highest BCUT2D eigenvalue weighted by Gasteiger charge is 2.23. The molecule has 0 fully saturated rings.